The number of imide groups is 1. The van der Waals surface area contributed by atoms with Crippen LogP contribution in [-0.4, -0.2) is 85.6 Å². The molecule has 3 aliphatic heterocycles. The van der Waals surface area contributed by atoms with Crippen LogP contribution in [-0.2, 0) is 14.3 Å². The highest BCUT2D eigenvalue weighted by Crippen LogP contribution is 2.33. The first-order valence-corrected chi connectivity index (χ1v) is 10.5. The van der Waals surface area contributed by atoms with E-state index < -0.39 is 0 Å². The maximum absolute atomic E-state index is 13.4. The maximum Gasteiger partial charge on any atom is 0.277 e. The van der Waals surface area contributed by atoms with E-state index in [-0.39, 0.29) is 17.9 Å². The zero-order valence-corrected chi connectivity index (χ0v) is 17.2. The lowest BCUT2D eigenvalue weighted by atomic mass is 10.0. The molecule has 1 aromatic rings. The van der Waals surface area contributed by atoms with Gasteiger partial charge >= 0.3 is 0 Å². The van der Waals surface area contributed by atoms with Crippen LogP contribution < -0.4 is 4.74 Å². The molecule has 2 saturated heterocycles. The summed E-state index contributed by atoms with van der Waals surface area (Å²) in [6.07, 6.45) is 1.81. The van der Waals surface area contributed by atoms with Crippen LogP contribution in [0.4, 0.5) is 0 Å². The molecule has 0 radical (unpaired) electrons. The minimum atomic E-state index is -0.219. The number of rotatable bonds is 6. The fraction of sp³-hybridized carbons (Fsp3) is 0.545. The van der Waals surface area contributed by atoms with Gasteiger partial charge in [-0.05, 0) is 44.5 Å². The van der Waals surface area contributed by atoms with Crippen LogP contribution in [0, 0.1) is 0 Å². The third-order valence-corrected chi connectivity index (χ3v) is 5.83. The van der Waals surface area contributed by atoms with Gasteiger partial charge in [0.25, 0.3) is 11.8 Å². The second kappa shape index (κ2) is 8.55. The Labute approximate surface area is 171 Å². The van der Waals surface area contributed by atoms with Crippen LogP contribution in [0.25, 0.3) is 5.57 Å². The molecule has 1 aromatic carbocycles. The molecular formula is C22H29N3O4. The first-order chi connectivity index (χ1) is 14.1. The van der Waals surface area contributed by atoms with Gasteiger partial charge in [-0.1, -0.05) is 12.1 Å². The minimum Gasteiger partial charge on any atom is -0.494 e. The Morgan fingerprint density at radius 3 is 2.41 bits per heavy atom. The molecule has 0 N–H and O–H groups in total. The van der Waals surface area contributed by atoms with Gasteiger partial charge in [-0.2, -0.15) is 0 Å². The number of piperazine rings is 1. The fourth-order valence-electron chi connectivity index (χ4n) is 4.19. The molecule has 156 valence electrons. The molecule has 1 unspecified atom stereocenters. The van der Waals surface area contributed by atoms with Gasteiger partial charge in [0, 0.05) is 32.8 Å². The molecule has 0 bridgehead atoms. The predicted molar refractivity (Wildman–Crippen MR) is 109 cm³/mol. The van der Waals surface area contributed by atoms with Gasteiger partial charge in [-0.3, -0.25) is 14.5 Å². The van der Waals surface area contributed by atoms with Gasteiger partial charge in [-0.15, -0.1) is 0 Å². The number of benzene rings is 1. The molecule has 0 spiro atoms. The number of hydrogen-bond acceptors (Lipinski definition) is 6. The Morgan fingerprint density at radius 2 is 1.79 bits per heavy atom. The van der Waals surface area contributed by atoms with E-state index in [0.29, 0.717) is 31.0 Å². The molecule has 1 atom stereocenters. The molecule has 0 saturated carbocycles. The quantitative estimate of drug-likeness (QED) is 0.677. The zero-order valence-electron chi connectivity index (χ0n) is 17.2. The van der Waals surface area contributed by atoms with Gasteiger partial charge in [-0.25, -0.2) is 0 Å². The van der Waals surface area contributed by atoms with Gasteiger partial charge in [0.1, 0.15) is 11.4 Å². The van der Waals surface area contributed by atoms with Crippen molar-refractivity contribution in [2.45, 2.75) is 25.9 Å². The third-order valence-electron chi connectivity index (χ3n) is 5.83. The van der Waals surface area contributed by atoms with Crippen molar-refractivity contribution < 1.29 is 19.1 Å². The molecule has 3 heterocycles. The largest absolute Gasteiger partial charge is 0.494 e. The number of ether oxygens (including phenoxy) is 2. The number of hydrogen-bond donors (Lipinski definition) is 0. The van der Waals surface area contributed by atoms with Gasteiger partial charge in [0.15, 0.2) is 0 Å². The van der Waals surface area contributed by atoms with Gasteiger partial charge < -0.3 is 19.3 Å². The van der Waals surface area contributed by atoms with E-state index in [1.807, 2.05) is 31.2 Å². The average molecular weight is 399 g/mol. The maximum atomic E-state index is 13.4. The summed E-state index contributed by atoms with van der Waals surface area (Å²) in [4.78, 5) is 32.4. The lowest BCUT2D eigenvalue weighted by molar-refractivity contribution is -0.139. The van der Waals surface area contributed by atoms with Crippen LogP contribution in [0.1, 0.15) is 25.3 Å². The minimum absolute atomic E-state index is 0.0590. The van der Waals surface area contributed by atoms with E-state index in [4.69, 9.17) is 9.47 Å². The number of amides is 2. The highest BCUT2D eigenvalue weighted by molar-refractivity contribution is 6.35. The molecule has 2 amide bonds. The van der Waals surface area contributed by atoms with E-state index in [1.54, 1.807) is 0 Å². The predicted octanol–water partition coefficient (Wildman–Crippen LogP) is 1.59. The molecule has 4 rings (SSSR count). The van der Waals surface area contributed by atoms with Crippen LogP contribution >= 0.6 is 0 Å². The highest BCUT2D eigenvalue weighted by atomic mass is 16.5. The van der Waals surface area contributed by atoms with Crippen molar-refractivity contribution in [3.63, 3.8) is 0 Å². The van der Waals surface area contributed by atoms with Crippen molar-refractivity contribution in [1.29, 1.82) is 0 Å². The first kappa shape index (κ1) is 19.9. The summed E-state index contributed by atoms with van der Waals surface area (Å²) < 4.78 is 11.2. The SMILES string of the molecule is CCOc1ccc(C2=C(N3CCN(C)CC3)C(=O)N(CC3CCCO3)C2=O)cc1. The number of carbonyl (C=O) groups is 2. The molecule has 29 heavy (non-hydrogen) atoms. The average Bonchev–Trinajstić information content (AvgIpc) is 3.32. The van der Waals surface area contributed by atoms with Crippen molar-refractivity contribution in [3.05, 3.63) is 35.5 Å². The highest BCUT2D eigenvalue weighted by Gasteiger charge is 2.43. The van der Waals surface area contributed by atoms with E-state index >= 15 is 0 Å². The summed E-state index contributed by atoms with van der Waals surface area (Å²) in [6, 6.07) is 7.45. The molecule has 3 aliphatic rings. The molecule has 7 heteroatoms. The van der Waals surface area contributed by atoms with E-state index in [2.05, 4.69) is 16.8 Å². The molecule has 0 aromatic heterocycles. The summed E-state index contributed by atoms with van der Waals surface area (Å²) in [6.45, 7) is 6.75. The standard InChI is InChI=1S/C22H29N3O4/c1-3-28-17-8-6-16(7-9-17)19-20(24-12-10-23(2)11-13-24)22(27)25(21(19)26)15-18-5-4-14-29-18/h6-9,18H,3-5,10-15H2,1-2H3. The van der Waals surface area contributed by atoms with Crippen molar-refractivity contribution >= 4 is 17.4 Å². The normalized spacial score (nSPS) is 23.4. The fourth-order valence-corrected chi connectivity index (χ4v) is 4.19. The first-order valence-electron chi connectivity index (χ1n) is 10.5. The van der Waals surface area contributed by atoms with Crippen LogP contribution in [0.2, 0.25) is 0 Å². The molecule has 0 aliphatic carbocycles. The lowest BCUT2D eigenvalue weighted by Gasteiger charge is -2.34. The van der Waals surface area contributed by atoms with Gasteiger partial charge in [0.2, 0.25) is 0 Å². The molecule has 7 nitrogen and oxygen atoms in total. The number of likely N-dealkylation sites (N-methyl/N-ethyl adjacent to an activating group) is 1. The Kier molecular flexibility index (Phi) is 5.87. The Bertz CT molecular complexity index is 791. The summed E-state index contributed by atoms with van der Waals surface area (Å²) >= 11 is 0. The summed E-state index contributed by atoms with van der Waals surface area (Å²) in [5.74, 6) is 0.341. The van der Waals surface area contributed by atoms with Crippen molar-refractivity contribution in [2.24, 2.45) is 0 Å². The Balaban J connectivity index is 1.66. The monoisotopic (exact) mass is 399 g/mol. The summed E-state index contributed by atoms with van der Waals surface area (Å²) in [5, 5.41) is 0. The van der Waals surface area contributed by atoms with E-state index in [0.717, 1.165) is 50.3 Å². The van der Waals surface area contributed by atoms with Gasteiger partial charge in [0.05, 0.1) is 24.8 Å². The molecule has 2 fully saturated rings. The second-order valence-corrected chi connectivity index (χ2v) is 7.83. The lowest BCUT2D eigenvalue weighted by Crippen LogP contribution is -2.46. The van der Waals surface area contributed by atoms with Crippen molar-refractivity contribution in [3.8, 4) is 5.75 Å². The van der Waals surface area contributed by atoms with E-state index in [9.17, 15) is 9.59 Å². The third kappa shape index (κ3) is 4.02. The smallest absolute Gasteiger partial charge is 0.277 e. The van der Waals surface area contributed by atoms with E-state index in [1.165, 1.54) is 4.90 Å². The van der Waals surface area contributed by atoms with Crippen molar-refractivity contribution in [2.75, 3.05) is 53.0 Å². The zero-order chi connectivity index (χ0) is 20.4. The van der Waals surface area contributed by atoms with Crippen LogP contribution in [0.3, 0.4) is 0 Å². The summed E-state index contributed by atoms with van der Waals surface area (Å²) in [7, 11) is 2.07. The topological polar surface area (TPSA) is 62.3 Å². The second-order valence-electron chi connectivity index (χ2n) is 7.83. The Hall–Kier alpha value is -2.38. The molecular weight excluding hydrogens is 370 g/mol. The number of nitrogens with zero attached hydrogens (tertiary/aromatic N) is 3. The summed E-state index contributed by atoms with van der Waals surface area (Å²) in [5.41, 5.74) is 1.79. The van der Waals surface area contributed by atoms with Crippen molar-refractivity contribution in [1.82, 2.24) is 14.7 Å². The number of carbonyl (C=O) groups excluding carboxylic acids is 2. The van der Waals surface area contributed by atoms with Crippen LogP contribution in [0.15, 0.2) is 30.0 Å². The Morgan fingerprint density at radius 1 is 1.07 bits per heavy atom. The van der Waals surface area contributed by atoms with Crippen LogP contribution in [0.5, 0.6) is 5.75 Å².